The van der Waals surface area contributed by atoms with Crippen molar-refractivity contribution in [1.29, 1.82) is 5.26 Å². The van der Waals surface area contributed by atoms with E-state index >= 15 is 0 Å². The van der Waals surface area contributed by atoms with E-state index in [0.717, 1.165) is 30.6 Å². The van der Waals surface area contributed by atoms with Gasteiger partial charge in [-0.1, -0.05) is 26.7 Å². The Morgan fingerprint density at radius 2 is 2.11 bits per heavy atom. The van der Waals surface area contributed by atoms with E-state index in [9.17, 15) is 4.79 Å². The van der Waals surface area contributed by atoms with Crippen LogP contribution in [-0.2, 0) is 17.6 Å². The number of carbonyl (C=O) groups is 1. The van der Waals surface area contributed by atoms with E-state index in [0.29, 0.717) is 0 Å². The van der Waals surface area contributed by atoms with Crippen LogP contribution in [0.1, 0.15) is 42.7 Å². The highest BCUT2D eigenvalue weighted by molar-refractivity contribution is 7.11. The van der Waals surface area contributed by atoms with Crippen LogP contribution in [0.2, 0.25) is 0 Å². The predicted molar refractivity (Wildman–Crippen MR) is 73.5 cm³/mol. The fourth-order valence-corrected chi connectivity index (χ4v) is 2.93. The van der Waals surface area contributed by atoms with Crippen LogP contribution in [0.15, 0.2) is 11.0 Å². The SMILES string of the molecule is CCCc1csc(C=C(C#N)C(=O)O)c1CCC. The lowest BCUT2D eigenvalue weighted by Gasteiger charge is -2.03. The van der Waals surface area contributed by atoms with Gasteiger partial charge >= 0.3 is 5.97 Å². The molecular weight excluding hydrogens is 246 g/mol. The number of nitriles is 1. The molecule has 0 aromatic carbocycles. The molecule has 0 bridgehead atoms. The molecule has 0 unspecified atom stereocenters. The molecule has 0 saturated heterocycles. The van der Waals surface area contributed by atoms with Crippen molar-refractivity contribution >= 4 is 23.4 Å². The van der Waals surface area contributed by atoms with Crippen molar-refractivity contribution in [2.45, 2.75) is 39.5 Å². The van der Waals surface area contributed by atoms with E-state index in [1.165, 1.54) is 28.5 Å². The number of hydrogen-bond donors (Lipinski definition) is 1. The molecule has 1 aromatic heterocycles. The maximum Gasteiger partial charge on any atom is 0.346 e. The standard InChI is InChI=1S/C14H17NO2S/c1-3-5-10-9-18-13(12(10)6-4-2)7-11(8-15)14(16)17/h7,9H,3-6H2,1-2H3,(H,16,17). The first-order valence-electron chi connectivity index (χ1n) is 6.08. The van der Waals surface area contributed by atoms with E-state index in [1.807, 2.05) is 0 Å². The Kier molecular flexibility index (Phi) is 5.60. The van der Waals surface area contributed by atoms with Gasteiger partial charge in [0.15, 0.2) is 0 Å². The second kappa shape index (κ2) is 6.97. The zero-order chi connectivity index (χ0) is 13.5. The molecule has 1 heterocycles. The maximum atomic E-state index is 10.9. The third-order valence-electron chi connectivity index (χ3n) is 2.66. The van der Waals surface area contributed by atoms with Crippen LogP contribution in [0.4, 0.5) is 0 Å². The van der Waals surface area contributed by atoms with Crippen molar-refractivity contribution < 1.29 is 9.90 Å². The highest BCUT2D eigenvalue weighted by Crippen LogP contribution is 2.27. The van der Waals surface area contributed by atoms with Gasteiger partial charge in [0.2, 0.25) is 0 Å². The van der Waals surface area contributed by atoms with Gasteiger partial charge in [-0.3, -0.25) is 0 Å². The molecule has 0 fully saturated rings. The Labute approximate surface area is 111 Å². The molecule has 0 spiro atoms. The first-order chi connectivity index (χ1) is 8.63. The second-order valence-corrected chi connectivity index (χ2v) is 4.99. The van der Waals surface area contributed by atoms with E-state index < -0.39 is 5.97 Å². The van der Waals surface area contributed by atoms with Gasteiger partial charge in [-0.2, -0.15) is 5.26 Å². The molecule has 0 aliphatic heterocycles. The lowest BCUT2D eigenvalue weighted by molar-refractivity contribution is -0.132. The molecule has 3 nitrogen and oxygen atoms in total. The van der Waals surface area contributed by atoms with Crippen LogP contribution in [0, 0.1) is 11.3 Å². The Morgan fingerprint density at radius 3 is 2.61 bits per heavy atom. The number of aryl methyl sites for hydroxylation is 1. The minimum Gasteiger partial charge on any atom is -0.477 e. The Morgan fingerprint density at radius 1 is 1.44 bits per heavy atom. The second-order valence-electron chi connectivity index (χ2n) is 4.08. The van der Waals surface area contributed by atoms with Gasteiger partial charge in [-0.25, -0.2) is 4.79 Å². The summed E-state index contributed by atoms with van der Waals surface area (Å²) >= 11 is 1.53. The van der Waals surface area contributed by atoms with Crippen molar-refractivity contribution in [1.82, 2.24) is 0 Å². The summed E-state index contributed by atoms with van der Waals surface area (Å²) in [6, 6.07) is 1.73. The van der Waals surface area contributed by atoms with E-state index in [1.54, 1.807) is 6.07 Å². The number of thiophene rings is 1. The van der Waals surface area contributed by atoms with Crippen molar-refractivity contribution in [3.05, 3.63) is 27.0 Å². The highest BCUT2D eigenvalue weighted by Gasteiger charge is 2.12. The average molecular weight is 263 g/mol. The molecule has 1 N–H and O–H groups in total. The first-order valence-corrected chi connectivity index (χ1v) is 6.96. The zero-order valence-corrected chi connectivity index (χ0v) is 11.5. The fourth-order valence-electron chi connectivity index (χ4n) is 1.84. The topological polar surface area (TPSA) is 61.1 Å². The summed E-state index contributed by atoms with van der Waals surface area (Å²) in [6.07, 6.45) is 5.53. The van der Waals surface area contributed by atoms with Crippen molar-refractivity contribution in [3.63, 3.8) is 0 Å². The van der Waals surface area contributed by atoms with Crippen LogP contribution in [0.25, 0.3) is 6.08 Å². The Balaban J connectivity index is 3.16. The summed E-state index contributed by atoms with van der Waals surface area (Å²) in [7, 11) is 0. The summed E-state index contributed by atoms with van der Waals surface area (Å²) in [4.78, 5) is 11.8. The van der Waals surface area contributed by atoms with Crippen LogP contribution >= 0.6 is 11.3 Å². The molecule has 0 saturated carbocycles. The van der Waals surface area contributed by atoms with E-state index in [2.05, 4.69) is 19.2 Å². The predicted octanol–water partition coefficient (Wildman–Crippen LogP) is 3.64. The Bertz CT molecular complexity index is 494. The number of aliphatic carboxylic acids is 1. The van der Waals surface area contributed by atoms with Gasteiger partial charge in [0.05, 0.1) is 0 Å². The first kappa shape index (κ1) is 14.5. The van der Waals surface area contributed by atoms with Gasteiger partial charge in [0.1, 0.15) is 11.6 Å². The van der Waals surface area contributed by atoms with Gasteiger partial charge in [0, 0.05) is 4.88 Å². The molecule has 0 aliphatic rings. The quantitative estimate of drug-likeness (QED) is 0.629. The third kappa shape index (κ3) is 3.44. The fraction of sp³-hybridized carbons (Fsp3) is 0.429. The molecular formula is C14H17NO2S. The number of carboxylic acids is 1. The van der Waals surface area contributed by atoms with Gasteiger partial charge in [0.25, 0.3) is 0 Å². The van der Waals surface area contributed by atoms with Gasteiger partial charge < -0.3 is 5.11 Å². The van der Waals surface area contributed by atoms with Crippen LogP contribution in [-0.4, -0.2) is 11.1 Å². The minimum absolute atomic E-state index is 0.197. The van der Waals surface area contributed by atoms with E-state index in [4.69, 9.17) is 10.4 Å². The molecule has 1 rings (SSSR count). The molecule has 0 atom stereocenters. The lowest BCUT2D eigenvalue weighted by Crippen LogP contribution is -1.98. The maximum absolute atomic E-state index is 10.9. The number of rotatable bonds is 6. The van der Waals surface area contributed by atoms with Crippen LogP contribution in [0.3, 0.4) is 0 Å². The number of hydrogen-bond acceptors (Lipinski definition) is 3. The zero-order valence-electron chi connectivity index (χ0n) is 10.7. The average Bonchev–Trinajstić information content (AvgIpc) is 2.70. The van der Waals surface area contributed by atoms with Crippen molar-refractivity contribution in [2.75, 3.05) is 0 Å². The number of nitrogens with zero attached hydrogens (tertiary/aromatic N) is 1. The molecule has 0 radical (unpaired) electrons. The van der Waals surface area contributed by atoms with Crippen LogP contribution in [0.5, 0.6) is 0 Å². The third-order valence-corrected chi connectivity index (χ3v) is 3.68. The van der Waals surface area contributed by atoms with Crippen molar-refractivity contribution in [2.24, 2.45) is 0 Å². The van der Waals surface area contributed by atoms with Gasteiger partial charge in [-0.05, 0) is 35.4 Å². The monoisotopic (exact) mass is 263 g/mol. The van der Waals surface area contributed by atoms with Crippen molar-refractivity contribution in [3.8, 4) is 6.07 Å². The summed E-state index contributed by atoms with van der Waals surface area (Å²) in [5.74, 6) is -1.16. The number of carboxylic acid groups (broad SMARTS) is 1. The summed E-state index contributed by atoms with van der Waals surface area (Å²) < 4.78 is 0. The molecule has 1 aromatic rings. The van der Waals surface area contributed by atoms with E-state index in [-0.39, 0.29) is 5.57 Å². The summed E-state index contributed by atoms with van der Waals surface area (Å²) in [5.41, 5.74) is 2.30. The summed E-state index contributed by atoms with van der Waals surface area (Å²) in [6.45, 7) is 4.23. The normalized spacial score (nSPS) is 11.3. The summed E-state index contributed by atoms with van der Waals surface area (Å²) in [5, 5.41) is 19.8. The molecule has 0 aliphatic carbocycles. The Hall–Kier alpha value is -1.60. The minimum atomic E-state index is -1.16. The highest BCUT2D eigenvalue weighted by atomic mass is 32.1. The molecule has 18 heavy (non-hydrogen) atoms. The smallest absolute Gasteiger partial charge is 0.346 e. The molecule has 4 heteroatoms. The molecule has 96 valence electrons. The largest absolute Gasteiger partial charge is 0.477 e. The molecule has 0 amide bonds. The lowest BCUT2D eigenvalue weighted by atomic mass is 10.0. The van der Waals surface area contributed by atoms with Crippen LogP contribution < -0.4 is 0 Å². The van der Waals surface area contributed by atoms with Gasteiger partial charge in [-0.15, -0.1) is 11.3 Å².